The molecule has 1 aliphatic rings. The van der Waals surface area contributed by atoms with E-state index in [1.165, 1.54) is 23.3 Å². The second-order valence-corrected chi connectivity index (χ2v) is 6.69. The van der Waals surface area contributed by atoms with E-state index in [4.69, 9.17) is 5.26 Å². The smallest absolute Gasteiger partial charge is 0.255 e. The number of thiophene rings is 1. The Morgan fingerprint density at radius 2 is 2.00 bits per heavy atom. The fraction of sp³-hybridized carbons (Fsp3) is 0.333. The van der Waals surface area contributed by atoms with E-state index >= 15 is 0 Å². The normalized spacial score (nSPS) is 13.3. The lowest BCUT2D eigenvalue weighted by molar-refractivity contribution is 0.0784. The number of fused-ring (bicyclic) bond motifs is 1. The third-order valence-corrected chi connectivity index (χ3v) is 5.23. The molecule has 1 aliphatic carbocycles. The summed E-state index contributed by atoms with van der Waals surface area (Å²) in [5.74, 6) is 0.101. The average molecular weight is 310 g/mol. The van der Waals surface area contributed by atoms with Crippen molar-refractivity contribution < 1.29 is 4.79 Å². The van der Waals surface area contributed by atoms with Crippen LogP contribution in [0.3, 0.4) is 0 Å². The zero-order valence-corrected chi connectivity index (χ0v) is 13.4. The van der Waals surface area contributed by atoms with Gasteiger partial charge < -0.3 is 4.90 Å². The molecule has 0 spiro atoms. The number of amides is 1. The second-order valence-electron chi connectivity index (χ2n) is 5.73. The van der Waals surface area contributed by atoms with Gasteiger partial charge in [0.2, 0.25) is 0 Å². The quantitative estimate of drug-likeness (QED) is 0.866. The fourth-order valence-corrected chi connectivity index (χ4v) is 4.03. The number of benzene rings is 1. The van der Waals surface area contributed by atoms with Crippen LogP contribution >= 0.6 is 11.3 Å². The van der Waals surface area contributed by atoms with Gasteiger partial charge in [0.25, 0.3) is 5.91 Å². The van der Waals surface area contributed by atoms with Gasteiger partial charge in [-0.2, -0.15) is 5.26 Å². The summed E-state index contributed by atoms with van der Waals surface area (Å²) in [5.41, 5.74) is 3.84. The lowest BCUT2D eigenvalue weighted by Crippen LogP contribution is -2.27. The highest BCUT2D eigenvalue weighted by atomic mass is 32.1. The molecule has 22 heavy (non-hydrogen) atoms. The highest BCUT2D eigenvalue weighted by Gasteiger charge is 2.22. The summed E-state index contributed by atoms with van der Waals surface area (Å²) in [7, 11) is 1.84. The van der Waals surface area contributed by atoms with Crippen molar-refractivity contribution in [3.05, 3.63) is 56.8 Å². The Morgan fingerprint density at radius 3 is 2.73 bits per heavy atom. The molecule has 0 aliphatic heterocycles. The minimum Gasteiger partial charge on any atom is -0.337 e. The summed E-state index contributed by atoms with van der Waals surface area (Å²) < 4.78 is 0. The standard InChI is InChI=1S/C18H18N2OS/c1-20(11-14-8-6-13(10-19)7-9-14)18(21)16-12-22-17-5-3-2-4-15(16)17/h6-9,12H,2-5,11H2,1H3. The minimum atomic E-state index is 0.101. The summed E-state index contributed by atoms with van der Waals surface area (Å²) >= 11 is 1.73. The summed E-state index contributed by atoms with van der Waals surface area (Å²) in [6.45, 7) is 0.565. The molecular formula is C18H18N2OS. The molecule has 4 heteroatoms. The lowest BCUT2D eigenvalue weighted by atomic mass is 9.95. The first kappa shape index (κ1) is 14.8. The van der Waals surface area contributed by atoms with E-state index in [1.54, 1.807) is 28.4 Å². The summed E-state index contributed by atoms with van der Waals surface area (Å²) in [6.07, 6.45) is 4.57. The van der Waals surface area contributed by atoms with Gasteiger partial charge in [-0.1, -0.05) is 12.1 Å². The van der Waals surface area contributed by atoms with Crippen molar-refractivity contribution in [3.63, 3.8) is 0 Å². The first-order valence-corrected chi connectivity index (χ1v) is 8.40. The van der Waals surface area contributed by atoms with Crippen LogP contribution in [0.25, 0.3) is 0 Å². The lowest BCUT2D eigenvalue weighted by Gasteiger charge is -2.19. The largest absolute Gasteiger partial charge is 0.337 e. The van der Waals surface area contributed by atoms with E-state index in [0.717, 1.165) is 24.0 Å². The van der Waals surface area contributed by atoms with Crippen molar-refractivity contribution in [2.45, 2.75) is 32.2 Å². The Labute approximate surface area is 134 Å². The minimum absolute atomic E-state index is 0.101. The second kappa shape index (κ2) is 6.33. The van der Waals surface area contributed by atoms with Gasteiger partial charge in [-0.05, 0) is 48.9 Å². The summed E-state index contributed by atoms with van der Waals surface area (Å²) in [4.78, 5) is 15.8. The molecule has 112 valence electrons. The molecule has 0 saturated carbocycles. The molecule has 0 unspecified atom stereocenters. The van der Waals surface area contributed by atoms with Gasteiger partial charge in [0.1, 0.15) is 0 Å². The number of carbonyl (C=O) groups is 1. The Bertz CT molecular complexity index is 725. The third-order valence-electron chi connectivity index (χ3n) is 4.14. The molecule has 0 bridgehead atoms. The third kappa shape index (κ3) is 2.90. The molecule has 1 aromatic carbocycles. The molecule has 0 fully saturated rings. The SMILES string of the molecule is CN(Cc1ccc(C#N)cc1)C(=O)c1csc2c1CCCC2. The average Bonchev–Trinajstić information content (AvgIpc) is 2.99. The van der Waals surface area contributed by atoms with Crippen LogP contribution in [0.2, 0.25) is 0 Å². The molecular weight excluding hydrogens is 292 g/mol. The number of hydrogen-bond acceptors (Lipinski definition) is 3. The van der Waals surface area contributed by atoms with E-state index in [1.807, 2.05) is 24.6 Å². The molecule has 1 amide bonds. The monoisotopic (exact) mass is 310 g/mol. The topological polar surface area (TPSA) is 44.1 Å². The van der Waals surface area contributed by atoms with Crippen molar-refractivity contribution >= 4 is 17.2 Å². The fourth-order valence-electron chi connectivity index (χ4n) is 2.91. The van der Waals surface area contributed by atoms with E-state index in [9.17, 15) is 4.79 Å². The number of carbonyl (C=O) groups excluding carboxylic acids is 1. The van der Waals surface area contributed by atoms with Crippen LogP contribution in [0.15, 0.2) is 29.6 Å². The number of rotatable bonds is 3. The van der Waals surface area contributed by atoms with E-state index < -0.39 is 0 Å². The van der Waals surface area contributed by atoms with Crippen LogP contribution in [0.4, 0.5) is 0 Å². The Kier molecular flexibility index (Phi) is 4.26. The van der Waals surface area contributed by atoms with Gasteiger partial charge in [0.05, 0.1) is 17.2 Å². The zero-order chi connectivity index (χ0) is 15.5. The van der Waals surface area contributed by atoms with E-state index in [0.29, 0.717) is 12.1 Å². The molecule has 1 aromatic heterocycles. The summed E-state index contributed by atoms with van der Waals surface area (Å²) in [5, 5.41) is 10.8. The van der Waals surface area contributed by atoms with Gasteiger partial charge >= 0.3 is 0 Å². The maximum Gasteiger partial charge on any atom is 0.255 e. The van der Waals surface area contributed by atoms with Gasteiger partial charge in [0, 0.05) is 23.8 Å². The van der Waals surface area contributed by atoms with Crippen LogP contribution in [-0.4, -0.2) is 17.9 Å². The first-order valence-electron chi connectivity index (χ1n) is 7.53. The van der Waals surface area contributed by atoms with Crippen LogP contribution in [0, 0.1) is 11.3 Å². The molecule has 0 N–H and O–H groups in total. The van der Waals surface area contributed by atoms with Crippen LogP contribution in [0.1, 0.15) is 44.8 Å². The molecule has 3 rings (SSSR count). The summed E-state index contributed by atoms with van der Waals surface area (Å²) in [6, 6.07) is 9.51. The number of hydrogen-bond donors (Lipinski definition) is 0. The Balaban J connectivity index is 1.74. The highest BCUT2D eigenvalue weighted by molar-refractivity contribution is 7.10. The van der Waals surface area contributed by atoms with Crippen molar-refractivity contribution in [1.29, 1.82) is 5.26 Å². The predicted octanol–water partition coefficient (Wildman–Crippen LogP) is 3.77. The number of nitrogens with zero attached hydrogens (tertiary/aromatic N) is 2. The predicted molar refractivity (Wildman–Crippen MR) is 87.9 cm³/mol. The molecule has 2 aromatic rings. The van der Waals surface area contributed by atoms with Gasteiger partial charge in [-0.3, -0.25) is 4.79 Å². The first-order chi connectivity index (χ1) is 10.7. The van der Waals surface area contributed by atoms with Gasteiger partial charge in [-0.15, -0.1) is 11.3 Å². The van der Waals surface area contributed by atoms with E-state index in [-0.39, 0.29) is 5.91 Å². The van der Waals surface area contributed by atoms with Gasteiger partial charge in [-0.25, -0.2) is 0 Å². The van der Waals surface area contributed by atoms with Crippen molar-refractivity contribution in [3.8, 4) is 6.07 Å². The Morgan fingerprint density at radius 1 is 1.27 bits per heavy atom. The van der Waals surface area contributed by atoms with Crippen LogP contribution in [0.5, 0.6) is 0 Å². The molecule has 1 heterocycles. The van der Waals surface area contributed by atoms with Gasteiger partial charge in [0.15, 0.2) is 0 Å². The number of nitriles is 1. The van der Waals surface area contributed by atoms with E-state index in [2.05, 4.69) is 6.07 Å². The Hall–Kier alpha value is -2.12. The highest BCUT2D eigenvalue weighted by Crippen LogP contribution is 2.31. The number of aryl methyl sites for hydroxylation is 1. The van der Waals surface area contributed by atoms with Crippen molar-refractivity contribution in [2.75, 3.05) is 7.05 Å². The maximum absolute atomic E-state index is 12.7. The van der Waals surface area contributed by atoms with Crippen molar-refractivity contribution in [2.24, 2.45) is 0 Å². The molecule has 3 nitrogen and oxygen atoms in total. The maximum atomic E-state index is 12.7. The van der Waals surface area contributed by atoms with Crippen molar-refractivity contribution in [1.82, 2.24) is 4.90 Å². The van der Waals surface area contributed by atoms with Crippen LogP contribution < -0.4 is 0 Å². The molecule has 0 saturated heterocycles. The van der Waals surface area contributed by atoms with Crippen LogP contribution in [-0.2, 0) is 19.4 Å². The molecule has 0 radical (unpaired) electrons. The zero-order valence-electron chi connectivity index (χ0n) is 12.6. The molecule has 0 atom stereocenters.